The summed E-state index contributed by atoms with van der Waals surface area (Å²) in [5.74, 6) is 2.17. The van der Waals surface area contributed by atoms with Gasteiger partial charge >= 0.3 is 0 Å². The Morgan fingerprint density at radius 2 is 1.31 bits per heavy atom. The molecule has 0 saturated heterocycles. The van der Waals surface area contributed by atoms with E-state index in [-0.39, 0.29) is 21.8 Å². The van der Waals surface area contributed by atoms with Gasteiger partial charge in [-0.2, -0.15) is 0 Å². The minimum Gasteiger partial charge on any atom is -0.465 e. The molecule has 0 aliphatic carbocycles. The number of rotatable bonds is 5. The molecule has 0 unspecified atom stereocenters. The van der Waals surface area contributed by atoms with Crippen LogP contribution in [0.3, 0.4) is 0 Å². The maximum Gasteiger partial charge on any atom is 0.109 e. The lowest BCUT2D eigenvalue weighted by Crippen LogP contribution is -2.29. The summed E-state index contributed by atoms with van der Waals surface area (Å²) in [7, 11) is 0. The lowest BCUT2D eigenvalue weighted by Gasteiger charge is -2.32. The molecule has 2 aromatic rings. The summed E-state index contributed by atoms with van der Waals surface area (Å²) in [4.78, 5) is 0. The van der Waals surface area contributed by atoms with Gasteiger partial charge in [-0.3, -0.25) is 0 Å². The lowest BCUT2D eigenvalue weighted by molar-refractivity contribution is 0.257. The Morgan fingerprint density at radius 1 is 0.731 bits per heavy atom. The van der Waals surface area contributed by atoms with E-state index in [1.54, 1.807) is 0 Å². The van der Waals surface area contributed by atoms with Crippen LogP contribution in [0.4, 0.5) is 0 Å². The fraction of sp³-hybridized carbons (Fsp3) is 0.667. The van der Waals surface area contributed by atoms with Crippen molar-refractivity contribution in [1.82, 2.24) is 4.57 Å². The second-order valence-corrected chi connectivity index (χ2v) is 11.2. The lowest BCUT2D eigenvalue weighted by atomic mass is 9.81. The zero-order chi connectivity index (χ0) is 20.0. The predicted octanol–water partition coefficient (Wildman–Crippen LogP) is 7.17. The Labute approximate surface area is 161 Å². The van der Waals surface area contributed by atoms with Crippen molar-refractivity contribution in [3.63, 3.8) is 0 Å². The molecule has 2 aromatic heterocycles. The van der Waals surface area contributed by atoms with Gasteiger partial charge in [0.2, 0.25) is 0 Å². The van der Waals surface area contributed by atoms with Crippen LogP contribution in [-0.2, 0) is 21.8 Å². The minimum atomic E-state index is 0.0286. The van der Waals surface area contributed by atoms with Crippen molar-refractivity contribution >= 4 is 0 Å². The molecule has 0 fully saturated rings. The summed E-state index contributed by atoms with van der Waals surface area (Å²) in [5, 5.41) is 0. The van der Waals surface area contributed by atoms with Crippen LogP contribution in [-0.4, -0.2) is 4.57 Å². The number of aromatic nitrogens is 1. The van der Waals surface area contributed by atoms with Crippen LogP contribution >= 0.6 is 0 Å². The Balaban J connectivity index is 2.12. The van der Waals surface area contributed by atoms with Crippen LogP contribution in [0.5, 0.6) is 0 Å². The normalized spacial score (nSPS) is 14.1. The fourth-order valence-electron chi connectivity index (χ4n) is 3.19. The number of hydrogen-bond donors (Lipinski definition) is 0. The van der Waals surface area contributed by atoms with Gasteiger partial charge in [0.15, 0.2) is 0 Å². The van der Waals surface area contributed by atoms with Gasteiger partial charge < -0.3 is 8.98 Å². The summed E-state index contributed by atoms with van der Waals surface area (Å²) in [6, 6.07) is 6.57. The first-order chi connectivity index (χ1) is 11.6. The van der Waals surface area contributed by atoms with Gasteiger partial charge in [0.25, 0.3) is 0 Å². The van der Waals surface area contributed by atoms with Crippen molar-refractivity contribution in [3.8, 4) is 0 Å². The smallest absolute Gasteiger partial charge is 0.109 e. The van der Waals surface area contributed by atoms with Gasteiger partial charge in [-0.25, -0.2) is 0 Å². The highest BCUT2D eigenvalue weighted by atomic mass is 16.3. The SMILES string of the molecule is CC(C)(C)c1ccn(C(C)(C)CCC(C)(C)c2ccc(C(C)(C)C)o2)c1. The van der Waals surface area contributed by atoms with Crippen LogP contribution in [0, 0.1) is 0 Å². The average molecular weight is 358 g/mol. The second-order valence-electron chi connectivity index (χ2n) is 11.2. The van der Waals surface area contributed by atoms with E-state index in [2.05, 4.69) is 104 Å². The molecule has 0 aliphatic rings. The molecule has 2 rings (SSSR count). The van der Waals surface area contributed by atoms with Crippen molar-refractivity contribution in [2.45, 2.75) is 104 Å². The molecule has 0 spiro atoms. The van der Waals surface area contributed by atoms with Gasteiger partial charge in [-0.1, -0.05) is 55.4 Å². The van der Waals surface area contributed by atoms with Crippen molar-refractivity contribution in [2.24, 2.45) is 0 Å². The summed E-state index contributed by atoms with van der Waals surface area (Å²) in [6.07, 6.45) is 6.74. The van der Waals surface area contributed by atoms with Crippen molar-refractivity contribution in [3.05, 3.63) is 47.7 Å². The van der Waals surface area contributed by atoms with E-state index >= 15 is 0 Å². The van der Waals surface area contributed by atoms with E-state index in [4.69, 9.17) is 4.42 Å². The molecule has 0 atom stereocenters. The molecule has 0 amide bonds. The molecule has 0 aliphatic heterocycles. The van der Waals surface area contributed by atoms with Crippen LogP contribution in [0.15, 0.2) is 35.0 Å². The maximum absolute atomic E-state index is 6.23. The van der Waals surface area contributed by atoms with Gasteiger partial charge in [0, 0.05) is 28.8 Å². The topological polar surface area (TPSA) is 18.1 Å². The highest BCUT2D eigenvalue weighted by Crippen LogP contribution is 2.37. The van der Waals surface area contributed by atoms with Crippen LogP contribution in [0.1, 0.15) is 99.2 Å². The summed E-state index contributed by atoms with van der Waals surface area (Å²) >= 11 is 0. The third-order valence-corrected chi connectivity index (χ3v) is 5.63. The number of hydrogen-bond acceptors (Lipinski definition) is 1. The van der Waals surface area contributed by atoms with E-state index < -0.39 is 0 Å². The fourth-order valence-corrected chi connectivity index (χ4v) is 3.19. The van der Waals surface area contributed by atoms with E-state index in [0.29, 0.717) is 0 Å². The summed E-state index contributed by atoms with van der Waals surface area (Å²) < 4.78 is 8.61. The molecule has 2 nitrogen and oxygen atoms in total. The zero-order valence-electron chi connectivity index (χ0n) is 18.7. The van der Waals surface area contributed by atoms with E-state index in [1.165, 1.54) is 5.56 Å². The summed E-state index contributed by atoms with van der Waals surface area (Å²) in [5.41, 5.74) is 1.76. The number of furan rings is 1. The number of nitrogens with zero attached hydrogens (tertiary/aromatic N) is 1. The second kappa shape index (κ2) is 6.62. The van der Waals surface area contributed by atoms with E-state index in [9.17, 15) is 0 Å². The third kappa shape index (κ3) is 4.64. The maximum atomic E-state index is 6.23. The van der Waals surface area contributed by atoms with Crippen LogP contribution < -0.4 is 0 Å². The molecular formula is C24H39NO. The van der Waals surface area contributed by atoms with E-state index in [0.717, 1.165) is 24.4 Å². The van der Waals surface area contributed by atoms with Gasteiger partial charge in [-0.15, -0.1) is 0 Å². The van der Waals surface area contributed by atoms with Gasteiger partial charge in [0.05, 0.1) is 0 Å². The van der Waals surface area contributed by atoms with Crippen LogP contribution in [0.25, 0.3) is 0 Å². The molecule has 2 heteroatoms. The molecule has 2 heterocycles. The first-order valence-electron chi connectivity index (χ1n) is 9.93. The van der Waals surface area contributed by atoms with Crippen molar-refractivity contribution in [1.29, 1.82) is 0 Å². The van der Waals surface area contributed by atoms with Crippen molar-refractivity contribution in [2.75, 3.05) is 0 Å². The monoisotopic (exact) mass is 357 g/mol. The van der Waals surface area contributed by atoms with Gasteiger partial charge in [-0.05, 0) is 55.9 Å². The molecular weight excluding hydrogens is 318 g/mol. The summed E-state index contributed by atoms with van der Waals surface area (Å²) in [6.45, 7) is 22.7. The average Bonchev–Trinajstić information content (AvgIpc) is 3.13. The van der Waals surface area contributed by atoms with Gasteiger partial charge in [0.1, 0.15) is 11.5 Å². The quantitative estimate of drug-likeness (QED) is 0.554. The first kappa shape index (κ1) is 20.9. The molecule has 0 saturated carbocycles. The Bertz CT molecular complexity index is 665. The Hall–Kier alpha value is -1.44. The molecule has 146 valence electrons. The molecule has 0 aromatic carbocycles. The first-order valence-corrected chi connectivity index (χ1v) is 9.93. The predicted molar refractivity (Wildman–Crippen MR) is 112 cm³/mol. The molecule has 0 bridgehead atoms. The highest BCUT2D eigenvalue weighted by molar-refractivity contribution is 5.21. The molecule has 0 N–H and O–H groups in total. The third-order valence-electron chi connectivity index (χ3n) is 5.63. The molecule has 26 heavy (non-hydrogen) atoms. The highest BCUT2D eigenvalue weighted by Gasteiger charge is 2.31. The standard InChI is InChI=1S/C24H39NO/c1-21(2,3)18-13-16-25(17-18)24(9,10)15-14-23(7,8)20-12-11-19(26-20)22(4,5)6/h11-13,16-17H,14-15H2,1-10H3. The molecule has 0 radical (unpaired) electrons. The Kier molecular flexibility index (Phi) is 5.31. The van der Waals surface area contributed by atoms with Crippen molar-refractivity contribution < 1.29 is 4.42 Å². The van der Waals surface area contributed by atoms with E-state index in [1.807, 2.05) is 0 Å². The minimum absolute atomic E-state index is 0.0286. The zero-order valence-corrected chi connectivity index (χ0v) is 18.7. The van der Waals surface area contributed by atoms with Crippen LogP contribution in [0.2, 0.25) is 0 Å². The largest absolute Gasteiger partial charge is 0.465 e. The Morgan fingerprint density at radius 3 is 1.77 bits per heavy atom.